The molecule has 1 N–H and O–H groups in total. The van der Waals surface area contributed by atoms with Crippen LogP contribution in [-0.2, 0) is 6.54 Å². The molecule has 0 atom stereocenters. The van der Waals surface area contributed by atoms with Gasteiger partial charge < -0.3 is 24.4 Å². The van der Waals surface area contributed by atoms with Crippen LogP contribution >= 0.6 is 24.0 Å². The summed E-state index contributed by atoms with van der Waals surface area (Å²) in [6, 6.07) is 3.83. The minimum Gasteiger partial charge on any atom is -0.493 e. The van der Waals surface area contributed by atoms with E-state index in [0.717, 1.165) is 37.5 Å². The van der Waals surface area contributed by atoms with Crippen molar-refractivity contribution in [3.05, 3.63) is 17.7 Å². The monoisotopic (exact) mass is 465 g/mol. The molecule has 0 heterocycles. The minimum atomic E-state index is 0. The van der Waals surface area contributed by atoms with Gasteiger partial charge in [0.05, 0.1) is 27.9 Å². The molecule has 0 aliphatic rings. The Labute approximate surface area is 169 Å². The van der Waals surface area contributed by atoms with Gasteiger partial charge in [0.1, 0.15) is 0 Å². The predicted octanol–water partition coefficient (Wildman–Crippen LogP) is 3.53. The fraction of sp³-hybridized carbons (Fsp3) is 0.611. The average Bonchev–Trinajstić information content (AvgIpc) is 2.61. The maximum Gasteiger partial charge on any atom is 0.203 e. The molecule has 7 heteroatoms. The fourth-order valence-electron chi connectivity index (χ4n) is 2.42. The Kier molecular flexibility index (Phi) is 12.2. The third-order valence-electron chi connectivity index (χ3n) is 3.73. The first-order valence-corrected chi connectivity index (χ1v) is 8.40. The molecule has 6 nitrogen and oxygen atoms in total. The molecule has 0 radical (unpaired) electrons. The number of ether oxygens (including phenoxy) is 3. The topological polar surface area (TPSA) is 55.3 Å². The SMILES string of the molecule is CCCCN(C)C(=NCc1ccc(OC)c(OC)c1OC)NCC.I. The summed E-state index contributed by atoms with van der Waals surface area (Å²) in [7, 11) is 6.91. The van der Waals surface area contributed by atoms with Crippen molar-refractivity contribution in [3.8, 4) is 17.2 Å². The number of nitrogens with one attached hydrogen (secondary N) is 1. The van der Waals surface area contributed by atoms with E-state index in [1.165, 1.54) is 0 Å². The molecule has 0 unspecified atom stereocenters. The van der Waals surface area contributed by atoms with E-state index < -0.39 is 0 Å². The summed E-state index contributed by atoms with van der Waals surface area (Å²) in [5.41, 5.74) is 0.953. The van der Waals surface area contributed by atoms with Gasteiger partial charge >= 0.3 is 0 Å². The highest BCUT2D eigenvalue weighted by Gasteiger charge is 2.16. The normalized spacial score (nSPS) is 10.7. The highest BCUT2D eigenvalue weighted by Crippen LogP contribution is 2.39. The van der Waals surface area contributed by atoms with Crippen molar-refractivity contribution in [2.24, 2.45) is 4.99 Å². The van der Waals surface area contributed by atoms with Crippen LogP contribution in [0.2, 0.25) is 0 Å². The molecule has 25 heavy (non-hydrogen) atoms. The average molecular weight is 465 g/mol. The number of rotatable bonds is 9. The highest BCUT2D eigenvalue weighted by molar-refractivity contribution is 14.0. The predicted molar refractivity (Wildman–Crippen MR) is 114 cm³/mol. The minimum absolute atomic E-state index is 0. The van der Waals surface area contributed by atoms with Gasteiger partial charge in [0.2, 0.25) is 5.75 Å². The molecule has 0 fully saturated rings. The lowest BCUT2D eigenvalue weighted by Gasteiger charge is -2.22. The Morgan fingerprint density at radius 3 is 2.28 bits per heavy atom. The van der Waals surface area contributed by atoms with Crippen LogP contribution in [0.3, 0.4) is 0 Å². The summed E-state index contributed by atoms with van der Waals surface area (Å²) in [5.74, 6) is 2.79. The number of unbranched alkanes of at least 4 members (excludes halogenated alkanes) is 1. The number of aliphatic imine (C=N–C) groups is 1. The van der Waals surface area contributed by atoms with Crippen molar-refractivity contribution >= 4 is 29.9 Å². The molecular weight excluding hydrogens is 433 g/mol. The van der Waals surface area contributed by atoms with Crippen molar-refractivity contribution < 1.29 is 14.2 Å². The van der Waals surface area contributed by atoms with Gasteiger partial charge in [-0.3, -0.25) is 0 Å². The number of methoxy groups -OCH3 is 3. The largest absolute Gasteiger partial charge is 0.493 e. The molecule has 0 saturated carbocycles. The third-order valence-corrected chi connectivity index (χ3v) is 3.73. The zero-order valence-electron chi connectivity index (χ0n) is 16.2. The highest BCUT2D eigenvalue weighted by atomic mass is 127. The van der Waals surface area contributed by atoms with Crippen molar-refractivity contribution in [3.63, 3.8) is 0 Å². The zero-order valence-corrected chi connectivity index (χ0v) is 18.5. The fourth-order valence-corrected chi connectivity index (χ4v) is 2.42. The molecule has 0 saturated heterocycles. The first-order valence-electron chi connectivity index (χ1n) is 8.40. The summed E-state index contributed by atoms with van der Waals surface area (Å²) in [6.07, 6.45) is 2.30. The van der Waals surface area contributed by atoms with Crippen LogP contribution in [0.25, 0.3) is 0 Å². The number of hydrogen-bond acceptors (Lipinski definition) is 4. The molecular formula is C18H32IN3O3. The van der Waals surface area contributed by atoms with Gasteiger partial charge in [0.15, 0.2) is 17.5 Å². The summed E-state index contributed by atoms with van der Waals surface area (Å²) in [4.78, 5) is 6.88. The Balaban J connectivity index is 0.00000576. The van der Waals surface area contributed by atoms with Crippen LogP contribution in [-0.4, -0.2) is 52.3 Å². The van der Waals surface area contributed by atoms with E-state index in [1.54, 1.807) is 21.3 Å². The van der Waals surface area contributed by atoms with E-state index in [2.05, 4.69) is 31.1 Å². The van der Waals surface area contributed by atoms with Gasteiger partial charge in [-0.1, -0.05) is 13.3 Å². The van der Waals surface area contributed by atoms with E-state index in [0.29, 0.717) is 23.8 Å². The number of halogens is 1. The maximum atomic E-state index is 5.52. The molecule has 0 amide bonds. The van der Waals surface area contributed by atoms with E-state index >= 15 is 0 Å². The Morgan fingerprint density at radius 1 is 1.08 bits per heavy atom. The van der Waals surface area contributed by atoms with Crippen molar-refractivity contribution in [2.45, 2.75) is 33.2 Å². The summed E-state index contributed by atoms with van der Waals surface area (Å²) in [5, 5.41) is 3.33. The molecule has 144 valence electrons. The van der Waals surface area contributed by atoms with Crippen LogP contribution in [0.5, 0.6) is 17.2 Å². The van der Waals surface area contributed by atoms with E-state index in [4.69, 9.17) is 19.2 Å². The molecule has 0 spiro atoms. The lowest BCUT2D eigenvalue weighted by atomic mass is 10.1. The van der Waals surface area contributed by atoms with Crippen LogP contribution < -0.4 is 19.5 Å². The van der Waals surface area contributed by atoms with E-state index in [-0.39, 0.29) is 24.0 Å². The number of guanidine groups is 1. The van der Waals surface area contributed by atoms with E-state index in [1.807, 2.05) is 12.1 Å². The van der Waals surface area contributed by atoms with Crippen LogP contribution in [0.4, 0.5) is 0 Å². The Bertz CT molecular complexity index is 539. The Hall–Kier alpha value is -1.38. The molecule has 1 aromatic rings. The first kappa shape index (κ1) is 23.6. The standard InChI is InChI=1S/C18H31N3O3.HI/c1-7-9-12-21(3)18(19-8-2)20-13-14-10-11-15(22-4)17(24-6)16(14)23-5;/h10-11H,7-9,12-13H2,1-6H3,(H,19,20);1H. The van der Waals surface area contributed by atoms with Crippen molar-refractivity contribution in [1.82, 2.24) is 10.2 Å². The van der Waals surface area contributed by atoms with Gasteiger partial charge in [-0.2, -0.15) is 0 Å². The lowest BCUT2D eigenvalue weighted by molar-refractivity contribution is 0.322. The third kappa shape index (κ3) is 6.80. The zero-order chi connectivity index (χ0) is 17.9. The van der Waals surface area contributed by atoms with Gasteiger partial charge in [0, 0.05) is 25.7 Å². The Morgan fingerprint density at radius 2 is 1.76 bits per heavy atom. The van der Waals surface area contributed by atoms with Crippen molar-refractivity contribution in [1.29, 1.82) is 0 Å². The number of benzene rings is 1. The van der Waals surface area contributed by atoms with Gasteiger partial charge in [-0.05, 0) is 25.5 Å². The maximum absolute atomic E-state index is 5.52. The van der Waals surface area contributed by atoms with Crippen LogP contribution in [0, 0.1) is 0 Å². The van der Waals surface area contributed by atoms with Crippen LogP contribution in [0.1, 0.15) is 32.3 Å². The molecule has 1 rings (SSSR count). The molecule has 0 aromatic heterocycles. The number of nitrogens with zero attached hydrogens (tertiary/aromatic N) is 2. The summed E-state index contributed by atoms with van der Waals surface area (Å²) >= 11 is 0. The second kappa shape index (κ2) is 12.9. The number of hydrogen-bond donors (Lipinski definition) is 1. The van der Waals surface area contributed by atoms with E-state index in [9.17, 15) is 0 Å². The second-order valence-corrected chi connectivity index (χ2v) is 5.44. The molecule has 0 aliphatic carbocycles. The smallest absolute Gasteiger partial charge is 0.203 e. The van der Waals surface area contributed by atoms with Gasteiger partial charge in [-0.15, -0.1) is 24.0 Å². The van der Waals surface area contributed by atoms with Crippen LogP contribution in [0.15, 0.2) is 17.1 Å². The second-order valence-electron chi connectivity index (χ2n) is 5.44. The molecule has 0 bridgehead atoms. The van der Waals surface area contributed by atoms with Gasteiger partial charge in [-0.25, -0.2) is 4.99 Å². The summed E-state index contributed by atoms with van der Waals surface area (Å²) in [6.45, 7) is 6.57. The quantitative estimate of drug-likeness (QED) is 0.344. The van der Waals surface area contributed by atoms with Gasteiger partial charge in [0.25, 0.3) is 0 Å². The molecule has 0 aliphatic heterocycles. The molecule has 1 aromatic carbocycles. The van der Waals surface area contributed by atoms with Crippen molar-refractivity contribution in [2.75, 3.05) is 41.5 Å². The first-order chi connectivity index (χ1) is 11.6. The lowest BCUT2D eigenvalue weighted by Crippen LogP contribution is -2.39. The summed E-state index contributed by atoms with van der Waals surface area (Å²) < 4.78 is 16.3.